The summed E-state index contributed by atoms with van der Waals surface area (Å²) in [6.45, 7) is 2.10. The summed E-state index contributed by atoms with van der Waals surface area (Å²) in [5.74, 6) is 0.401. The van der Waals surface area contributed by atoms with Crippen LogP contribution in [-0.4, -0.2) is 0 Å². The van der Waals surface area contributed by atoms with E-state index in [2.05, 4.69) is 22.9 Å². The number of rotatable bonds is 0. The third kappa shape index (κ3) is 1.75. The highest BCUT2D eigenvalue weighted by atomic mass is 79.9. The van der Waals surface area contributed by atoms with Crippen molar-refractivity contribution in [3.05, 3.63) is 43.5 Å². The van der Waals surface area contributed by atoms with Crippen LogP contribution in [0, 0.1) is 5.92 Å². The van der Waals surface area contributed by atoms with Gasteiger partial charge in [0.05, 0.1) is 10.6 Å². The molecule has 0 radical (unpaired) electrons. The van der Waals surface area contributed by atoms with E-state index in [9.17, 15) is 4.79 Å². The molecule has 3 rings (SSSR count). The van der Waals surface area contributed by atoms with Crippen molar-refractivity contribution in [3.8, 4) is 0 Å². The SMILES string of the molecule is CC1C=c2c(oc3cc(Br)ccc3c2=O)=CC1. The standard InChI is InChI=1S/C14H11BrO2/c1-8-2-5-12-11(6-8)14(16)10-4-3-9(15)7-13(10)17-12/h3-8H,2H2,1H3. The Balaban J connectivity index is 2.54. The third-order valence-electron chi connectivity index (χ3n) is 3.04. The molecule has 1 aromatic heterocycles. The molecule has 1 aromatic carbocycles. The van der Waals surface area contributed by atoms with E-state index in [1.807, 2.05) is 24.3 Å². The van der Waals surface area contributed by atoms with Gasteiger partial charge in [-0.05, 0) is 36.6 Å². The Morgan fingerprint density at radius 3 is 3.06 bits per heavy atom. The van der Waals surface area contributed by atoms with Gasteiger partial charge in [-0.1, -0.05) is 28.9 Å². The van der Waals surface area contributed by atoms with Gasteiger partial charge in [0.25, 0.3) is 0 Å². The van der Waals surface area contributed by atoms with Crippen LogP contribution >= 0.6 is 15.9 Å². The number of hydrogen-bond acceptors (Lipinski definition) is 2. The molecule has 0 spiro atoms. The molecule has 86 valence electrons. The van der Waals surface area contributed by atoms with Gasteiger partial charge >= 0.3 is 0 Å². The lowest BCUT2D eigenvalue weighted by Gasteiger charge is -2.07. The lowest BCUT2D eigenvalue weighted by molar-refractivity contribution is 0.550. The Kier molecular flexibility index (Phi) is 2.44. The molecule has 0 N–H and O–H groups in total. The molecule has 2 nitrogen and oxygen atoms in total. The topological polar surface area (TPSA) is 30.2 Å². The number of fused-ring (bicyclic) bond motifs is 2. The Hall–Kier alpha value is -1.35. The van der Waals surface area contributed by atoms with Crippen molar-refractivity contribution in [1.82, 2.24) is 0 Å². The van der Waals surface area contributed by atoms with E-state index in [1.165, 1.54) is 0 Å². The molecule has 1 unspecified atom stereocenters. The normalized spacial score (nSPS) is 18.4. The molecule has 1 aliphatic carbocycles. The maximum absolute atomic E-state index is 12.3. The monoisotopic (exact) mass is 290 g/mol. The molecule has 0 amide bonds. The average molecular weight is 291 g/mol. The van der Waals surface area contributed by atoms with E-state index in [0.29, 0.717) is 27.5 Å². The van der Waals surface area contributed by atoms with Crippen LogP contribution in [0.1, 0.15) is 13.3 Å². The minimum Gasteiger partial charge on any atom is -0.456 e. The van der Waals surface area contributed by atoms with Gasteiger partial charge in [-0.3, -0.25) is 4.79 Å². The Labute approximate surface area is 106 Å². The minimum atomic E-state index is 0.0663. The molecule has 0 aliphatic heterocycles. The van der Waals surface area contributed by atoms with Gasteiger partial charge in [0.15, 0.2) is 5.43 Å². The maximum Gasteiger partial charge on any atom is 0.200 e. The summed E-state index contributed by atoms with van der Waals surface area (Å²) < 4.78 is 6.70. The Morgan fingerprint density at radius 2 is 2.24 bits per heavy atom. The second-order valence-corrected chi connectivity index (χ2v) is 5.35. The summed E-state index contributed by atoms with van der Waals surface area (Å²) in [6, 6.07) is 5.50. The molecule has 0 saturated heterocycles. The lowest BCUT2D eigenvalue weighted by atomic mass is 10.0. The van der Waals surface area contributed by atoms with Crippen molar-refractivity contribution in [2.75, 3.05) is 0 Å². The molecule has 0 fully saturated rings. The fraction of sp³-hybridized carbons (Fsp3) is 0.214. The molecule has 3 heteroatoms. The van der Waals surface area contributed by atoms with Crippen molar-refractivity contribution in [2.24, 2.45) is 5.92 Å². The van der Waals surface area contributed by atoms with Crippen LogP contribution in [0.25, 0.3) is 23.1 Å². The van der Waals surface area contributed by atoms with Crippen molar-refractivity contribution < 1.29 is 4.42 Å². The zero-order chi connectivity index (χ0) is 12.0. The summed E-state index contributed by atoms with van der Waals surface area (Å²) in [7, 11) is 0. The zero-order valence-corrected chi connectivity index (χ0v) is 11.0. The summed E-state index contributed by atoms with van der Waals surface area (Å²) in [4.78, 5) is 12.3. The van der Waals surface area contributed by atoms with Crippen molar-refractivity contribution in [1.29, 1.82) is 0 Å². The van der Waals surface area contributed by atoms with Gasteiger partial charge in [-0.25, -0.2) is 0 Å². The van der Waals surface area contributed by atoms with E-state index < -0.39 is 0 Å². The fourth-order valence-corrected chi connectivity index (χ4v) is 2.49. The number of hydrogen-bond donors (Lipinski definition) is 0. The van der Waals surface area contributed by atoms with Crippen molar-refractivity contribution in [2.45, 2.75) is 13.3 Å². The molecule has 1 heterocycles. The highest BCUT2D eigenvalue weighted by Crippen LogP contribution is 2.15. The highest BCUT2D eigenvalue weighted by molar-refractivity contribution is 9.10. The van der Waals surface area contributed by atoms with Crippen molar-refractivity contribution in [3.63, 3.8) is 0 Å². The Bertz CT molecular complexity index is 771. The van der Waals surface area contributed by atoms with Crippen LogP contribution in [0.15, 0.2) is 31.9 Å². The predicted molar refractivity (Wildman–Crippen MR) is 72.1 cm³/mol. The van der Waals surface area contributed by atoms with Crippen LogP contribution in [-0.2, 0) is 0 Å². The maximum atomic E-state index is 12.3. The lowest BCUT2D eigenvalue weighted by Crippen LogP contribution is -2.41. The molecule has 0 saturated carbocycles. The van der Waals surface area contributed by atoms with E-state index in [0.717, 1.165) is 10.9 Å². The summed E-state index contributed by atoms with van der Waals surface area (Å²) in [6.07, 6.45) is 4.93. The molecular formula is C14H11BrO2. The summed E-state index contributed by atoms with van der Waals surface area (Å²) in [5, 5.41) is 1.35. The van der Waals surface area contributed by atoms with E-state index in [4.69, 9.17) is 4.42 Å². The first-order valence-corrected chi connectivity index (χ1v) is 6.39. The van der Waals surface area contributed by atoms with Gasteiger partial charge < -0.3 is 4.42 Å². The van der Waals surface area contributed by atoms with Gasteiger partial charge in [-0.15, -0.1) is 0 Å². The smallest absolute Gasteiger partial charge is 0.200 e. The third-order valence-corrected chi connectivity index (χ3v) is 3.54. The van der Waals surface area contributed by atoms with Crippen LogP contribution in [0.3, 0.4) is 0 Å². The number of benzene rings is 1. The van der Waals surface area contributed by atoms with Gasteiger partial charge in [0, 0.05) is 4.47 Å². The van der Waals surface area contributed by atoms with Crippen LogP contribution in [0.2, 0.25) is 0 Å². The van der Waals surface area contributed by atoms with E-state index in [-0.39, 0.29) is 5.43 Å². The number of halogens is 1. The molecule has 17 heavy (non-hydrogen) atoms. The van der Waals surface area contributed by atoms with Gasteiger partial charge in [-0.2, -0.15) is 0 Å². The van der Waals surface area contributed by atoms with Crippen LogP contribution in [0.5, 0.6) is 0 Å². The molecule has 1 atom stereocenters. The zero-order valence-electron chi connectivity index (χ0n) is 9.37. The highest BCUT2D eigenvalue weighted by Gasteiger charge is 2.09. The molecular weight excluding hydrogens is 280 g/mol. The molecule has 1 aliphatic rings. The first kappa shape index (κ1) is 10.8. The fourth-order valence-electron chi connectivity index (χ4n) is 2.15. The van der Waals surface area contributed by atoms with Gasteiger partial charge in [0.2, 0.25) is 0 Å². The Morgan fingerprint density at radius 1 is 1.41 bits per heavy atom. The minimum absolute atomic E-state index is 0.0663. The first-order chi connectivity index (χ1) is 8.15. The second kappa shape index (κ2) is 3.84. The second-order valence-electron chi connectivity index (χ2n) is 4.43. The molecule has 2 aromatic rings. The quantitative estimate of drug-likeness (QED) is 0.744. The molecule has 0 bridgehead atoms. The summed E-state index contributed by atoms with van der Waals surface area (Å²) in [5.41, 5.74) is 1.41. The largest absolute Gasteiger partial charge is 0.456 e. The van der Waals surface area contributed by atoms with Gasteiger partial charge in [0.1, 0.15) is 11.0 Å². The predicted octanol–water partition coefficient (Wildman–Crippen LogP) is 2.16. The van der Waals surface area contributed by atoms with Crippen molar-refractivity contribution >= 4 is 39.1 Å². The first-order valence-electron chi connectivity index (χ1n) is 5.59. The van der Waals surface area contributed by atoms with E-state index in [1.54, 1.807) is 6.07 Å². The van der Waals surface area contributed by atoms with E-state index >= 15 is 0 Å². The van der Waals surface area contributed by atoms with Crippen LogP contribution < -0.4 is 16.1 Å². The average Bonchev–Trinajstić information content (AvgIpc) is 2.30. The summed E-state index contributed by atoms with van der Waals surface area (Å²) >= 11 is 3.38. The van der Waals surface area contributed by atoms with Crippen LogP contribution in [0.4, 0.5) is 0 Å².